The van der Waals surface area contributed by atoms with Crippen LogP contribution in [0.5, 0.6) is 0 Å². The van der Waals surface area contributed by atoms with Gasteiger partial charge in [0.25, 0.3) is 15.6 Å². The Hall–Kier alpha value is -1.47. The Kier molecular flexibility index (Phi) is 3.12. The first-order valence-corrected chi connectivity index (χ1v) is 6.81. The second-order valence-corrected chi connectivity index (χ2v) is 5.73. The Morgan fingerprint density at radius 2 is 1.82 bits per heavy atom. The maximum atomic E-state index is 12.1. The van der Waals surface area contributed by atoms with Crippen LogP contribution in [-0.2, 0) is 10.0 Å². The van der Waals surface area contributed by atoms with E-state index >= 15 is 0 Å². The first-order valence-electron chi connectivity index (χ1n) is 4.58. The van der Waals surface area contributed by atoms with E-state index in [1.807, 2.05) is 0 Å². The summed E-state index contributed by atoms with van der Waals surface area (Å²) in [6, 6.07) is 8.77. The number of benzene rings is 1. The molecule has 2 aromatic rings. The Bertz CT molecular complexity index is 709. The van der Waals surface area contributed by atoms with Crippen LogP contribution in [-0.4, -0.2) is 17.6 Å². The van der Waals surface area contributed by atoms with Gasteiger partial charge in [-0.3, -0.25) is 4.79 Å². The second-order valence-electron chi connectivity index (χ2n) is 3.14. The predicted octanol–water partition coefficient (Wildman–Crippen LogP) is 1.24. The molecule has 2 rings (SSSR count). The number of halogens is 1. The second kappa shape index (κ2) is 4.42. The summed E-state index contributed by atoms with van der Waals surface area (Å²) in [7, 11) is -3.95. The monoisotopic (exact) mass is 314 g/mol. The van der Waals surface area contributed by atoms with E-state index in [0.717, 1.165) is 6.07 Å². The average Bonchev–Trinajstić information content (AvgIpc) is 2.29. The number of rotatable bonds is 2. The fraction of sp³-hybridized carbons (Fsp3) is 0. The standard InChI is InChI=1S/C10H7BrN2O3S/c11-8-4-1-2-5-9(8)17(15,16)13-10(14)6-3-7-12-13/h1-7H. The lowest BCUT2D eigenvalue weighted by atomic mass is 10.4. The molecule has 1 aromatic carbocycles. The fourth-order valence-electron chi connectivity index (χ4n) is 1.27. The molecule has 0 aliphatic rings. The Morgan fingerprint density at radius 1 is 1.12 bits per heavy atom. The Morgan fingerprint density at radius 3 is 2.47 bits per heavy atom. The van der Waals surface area contributed by atoms with Crippen LogP contribution in [0.15, 0.2) is 56.8 Å². The molecule has 5 nitrogen and oxygen atoms in total. The van der Waals surface area contributed by atoms with Gasteiger partial charge in [-0.15, -0.1) is 4.09 Å². The van der Waals surface area contributed by atoms with Gasteiger partial charge in [0.2, 0.25) is 0 Å². The largest absolute Gasteiger partial charge is 0.287 e. The van der Waals surface area contributed by atoms with E-state index < -0.39 is 15.6 Å². The maximum absolute atomic E-state index is 12.1. The van der Waals surface area contributed by atoms with Crippen molar-refractivity contribution >= 4 is 26.0 Å². The number of aromatic nitrogens is 2. The zero-order valence-electron chi connectivity index (χ0n) is 8.45. The fourth-order valence-corrected chi connectivity index (χ4v) is 3.40. The smallest absolute Gasteiger partial charge is 0.267 e. The third kappa shape index (κ3) is 2.16. The van der Waals surface area contributed by atoms with Crippen LogP contribution in [0.2, 0.25) is 0 Å². The molecule has 0 N–H and O–H groups in total. The third-order valence-electron chi connectivity index (χ3n) is 2.03. The summed E-state index contributed by atoms with van der Waals surface area (Å²) >= 11 is 3.13. The van der Waals surface area contributed by atoms with E-state index in [2.05, 4.69) is 21.0 Å². The molecular formula is C10H7BrN2O3S. The minimum Gasteiger partial charge on any atom is -0.267 e. The van der Waals surface area contributed by atoms with Gasteiger partial charge in [-0.2, -0.15) is 13.5 Å². The first-order chi connectivity index (χ1) is 8.03. The van der Waals surface area contributed by atoms with Gasteiger partial charge in [-0.1, -0.05) is 12.1 Å². The highest BCUT2D eigenvalue weighted by Gasteiger charge is 2.21. The number of nitrogens with zero attached hydrogens (tertiary/aromatic N) is 2. The van der Waals surface area contributed by atoms with Gasteiger partial charge >= 0.3 is 0 Å². The van der Waals surface area contributed by atoms with E-state index in [1.165, 1.54) is 18.3 Å². The van der Waals surface area contributed by atoms with E-state index in [0.29, 0.717) is 8.56 Å². The molecule has 0 radical (unpaired) electrons. The molecule has 0 fully saturated rings. The molecule has 0 aliphatic carbocycles. The van der Waals surface area contributed by atoms with Crippen molar-refractivity contribution in [3.8, 4) is 0 Å². The topological polar surface area (TPSA) is 69.0 Å². The van der Waals surface area contributed by atoms with E-state index in [9.17, 15) is 13.2 Å². The molecule has 0 atom stereocenters. The normalized spacial score (nSPS) is 11.4. The zero-order valence-corrected chi connectivity index (χ0v) is 10.8. The lowest BCUT2D eigenvalue weighted by Crippen LogP contribution is -2.28. The average molecular weight is 315 g/mol. The minimum absolute atomic E-state index is 0.000741. The van der Waals surface area contributed by atoms with Gasteiger partial charge in [0.15, 0.2) is 0 Å². The summed E-state index contributed by atoms with van der Waals surface area (Å²) in [5.74, 6) is 0. The molecule has 1 heterocycles. The van der Waals surface area contributed by atoms with Gasteiger partial charge in [-0.25, -0.2) is 0 Å². The highest BCUT2D eigenvalue weighted by molar-refractivity contribution is 9.10. The van der Waals surface area contributed by atoms with Gasteiger partial charge in [0, 0.05) is 16.7 Å². The van der Waals surface area contributed by atoms with Crippen LogP contribution < -0.4 is 5.56 Å². The minimum atomic E-state index is -3.95. The maximum Gasteiger partial charge on any atom is 0.287 e. The Balaban J connectivity index is 2.72. The van der Waals surface area contributed by atoms with Crippen LogP contribution in [0.25, 0.3) is 0 Å². The lowest BCUT2D eigenvalue weighted by Gasteiger charge is -2.06. The van der Waals surface area contributed by atoms with Crippen molar-refractivity contribution in [3.05, 3.63) is 57.4 Å². The molecule has 0 aliphatic heterocycles. The van der Waals surface area contributed by atoms with Crippen molar-refractivity contribution in [2.75, 3.05) is 0 Å². The Labute approximate surface area is 106 Å². The summed E-state index contributed by atoms with van der Waals surface area (Å²) < 4.78 is 25.1. The van der Waals surface area contributed by atoms with E-state index in [4.69, 9.17) is 0 Å². The molecule has 17 heavy (non-hydrogen) atoms. The molecule has 0 amide bonds. The van der Waals surface area contributed by atoms with Crippen molar-refractivity contribution in [2.24, 2.45) is 0 Å². The third-order valence-corrected chi connectivity index (χ3v) is 4.62. The lowest BCUT2D eigenvalue weighted by molar-refractivity contribution is 0.575. The van der Waals surface area contributed by atoms with Crippen molar-refractivity contribution < 1.29 is 8.42 Å². The van der Waals surface area contributed by atoms with Crippen LogP contribution in [0.1, 0.15) is 0 Å². The molecule has 0 spiro atoms. The van der Waals surface area contributed by atoms with Gasteiger partial charge in [0.05, 0.1) is 0 Å². The van der Waals surface area contributed by atoms with Crippen LogP contribution >= 0.6 is 15.9 Å². The highest BCUT2D eigenvalue weighted by Crippen LogP contribution is 2.21. The van der Waals surface area contributed by atoms with E-state index in [-0.39, 0.29) is 4.90 Å². The summed E-state index contributed by atoms with van der Waals surface area (Å²) in [6.07, 6.45) is 1.25. The van der Waals surface area contributed by atoms with E-state index in [1.54, 1.807) is 18.2 Å². The van der Waals surface area contributed by atoms with Crippen LogP contribution in [0.3, 0.4) is 0 Å². The molecule has 7 heteroatoms. The molecule has 0 saturated heterocycles. The number of hydrogen-bond donors (Lipinski definition) is 0. The quantitative estimate of drug-likeness (QED) is 0.836. The zero-order chi connectivity index (χ0) is 12.5. The van der Waals surface area contributed by atoms with Crippen molar-refractivity contribution in [1.82, 2.24) is 9.19 Å². The molecule has 0 saturated carbocycles. The van der Waals surface area contributed by atoms with Gasteiger partial charge in [0.1, 0.15) is 4.90 Å². The summed E-state index contributed by atoms with van der Waals surface area (Å²) in [6.45, 7) is 0. The molecule has 0 bridgehead atoms. The van der Waals surface area contributed by atoms with Gasteiger partial charge < -0.3 is 0 Å². The van der Waals surface area contributed by atoms with Gasteiger partial charge in [-0.05, 0) is 34.1 Å². The highest BCUT2D eigenvalue weighted by atomic mass is 79.9. The van der Waals surface area contributed by atoms with Crippen molar-refractivity contribution in [2.45, 2.75) is 4.90 Å². The van der Waals surface area contributed by atoms with Crippen LogP contribution in [0, 0.1) is 0 Å². The molecule has 0 unspecified atom stereocenters. The summed E-state index contributed by atoms with van der Waals surface area (Å²) in [4.78, 5) is 11.5. The summed E-state index contributed by atoms with van der Waals surface area (Å²) in [5, 5.41) is 3.56. The number of hydrogen-bond acceptors (Lipinski definition) is 4. The van der Waals surface area contributed by atoms with Crippen LogP contribution in [0.4, 0.5) is 0 Å². The molecule has 88 valence electrons. The molecular weight excluding hydrogens is 308 g/mol. The van der Waals surface area contributed by atoms with Crippen molar-refractivity contribution in [1.29, 1.82) is 0 Å². The van der Waals surface area contributed by atoms with Crippen molar-refractivity contribution in [3.63, 3.8) is 0 Å². The SMILES string of the molecule is O=c1cccnn1S(=O)(=O)c1ccccc1Br. The molecule has 1 aromatic heterocycles. The first kappa shape index (κ1) is 12.0. The summed E-state index contributed by atoms with van der Waals surface area (Å²) in [5.41, 5.74) is -0.691. The predicted molar refractivity (Wildman–Crippen MR) is 65.2 cm³/mol.